The maximum absolute atomic E-state index is 15.3. The molecule has 2 atom stereocenters. The zero-order valence-corrected chi connectivity index (χ0v) is 22.2. The van der Waals surface area contributed by atoms with Gasteiger partial charge in [0.15, 0.2) is 0 Å². The lowest BCUT2D eigenvalue weighted by atomic mass is 9.86. The molecule has 0 fully saturated rings. The van der Waals surface area contributed by atoms with Crippen LogP contribution in [0.4, 0.5) is 4.39 Å². The van der Waals surface area contributed by atoms with Gasteiger partial charge in [-0.3, -0.25) is 0 Å². The molecule has 3 aromatic carbocycles. The van der Waals surface area contributed by atoms with Crippen molar-refractivity contribution in [2.45, 2.75) is 30.7 Å². The number of benzene rings is 3. The average molecular weight is 566 g/mol. The predicted octanol–water partition coefficient (Wildman–Crippen LogP) is 5.62. The molecule has 0 saturated carbocycles. The maximum atomic E-state index is 15.3. The molecule has 12 heteroatoms. The third-order valence-electron chi connectivity index (χ3n) is 5.99. The van der Waals surface area contributed by atoms with Crippen molar-refractivity contribution in [3.8, 4) is 16.9 Å². The lowest BCUT2D eigenvalue weighted by Crippen LogP contribution is -2.33. The zero-order valence-electron chi connectivity index (χ0n) is 19.9. The fourth-order valence-corrected chi connectivity index (χ4v) is 5.91. The van der Waals surface area contributed by atoms with E-state index in [1.165, 1.54) is 31.4 Å². The van der Waals surface area contributed by atoms with Crippen molar-refractivity contribution < 1.29 is 22.0 Å². The van der Waals surface area contributed by atoms with E-state index in [2.05, 4.69) is 14.9 Å². The Morgan fingerprint density at radius 1 is 1.08 bits per heavy atom. The summed E-state index contributed by atoms with van der Waals surface area (Å²) in [5.74, 6) is -2.57. The molecule has 1 aromatic heterocycles. The summed E-state index contributed by atoms with van der Waals surface area (Å²) < 4.78 is 55.0. The highest BCUT2D eigenvalue weighted by atomic mass is 35.5. The number of hydrogen-bond donors (Lipinski definition) is 2. The molecule has 0 saturated heterocycles. The highest BCUT2D eigenvalue weighted by Gasteiger charge is 2.34. The van der Waals surface area contributed by atoms with Crippen molar-refractivity contribution in [1.82, 2.24) is 14.9 Å². The number of methoxy groups -OCH3 is 1. The standard InChI is InChI=1S/C25H22Cl2FN3O5S/c1-13-18(15-4-6-16(26)7-5-15)9-10-19(28)22(13)14(2)23(24-29-30-25(32)36-24)31-37(33,34)21-11-8-17(27)12-20(21)35-3/h4-12,14,23,31H,1-3H3,(H,30,32). The third kappa shape index (κ3) is 5.57. The molecule has 37 heavy (non-hydrogen) atoms. The number of aromatic amines is 1. The first-order chi connectivity index (χ1) is 17.5. The molecule has 0 bridgehead atoms. The van der Waals surface area contributed by atoms with E-state index in [1.54, 1.807) is 44.2 Å². The van der Waals surface area contributed by atoms with Crippen LogP contribution in [-0.4, -0.2) is 25.7 Å². The first kappa shape index (κ1) is 26.9. The van der Waals surface area contributed by atoms with E-state index in [0.717, 1.165) is 11.1 Å². The number of nitrogens with zero attached hydrogens (tertiary/aromatic N) is 1. The molecule has 0 radical (unpaired) electrons. The molecular weight excluding hydrogens is 544 g/mol. The van der Waals surface area contributed by atoms with Gasteiger partial charge in [-0.25, -0.2) is 22.7 Å². The van der Waals surface area contributed by atoms with Gasteiger partial charge in [-0.1, -0.05) is 48.3 Å². The van der Waals surface area contributed by atoms with Crippen LogP contribution in [0.3, 0.4) is 0 Å². The van der Waals surface area contributed by atoms with E-state index >= 15 is 4.39 Å². The van der Waals surface area contributed by atoms with Gasteiger partial charge in [0.2, 0.25) is 15.9 Å². The molecule has 4 aromatic rings. The van der Waals surface area contributed by atoms with Gasteiger partial charge in [-0.05, 0) is 59.5 Å². The van der Waals surface area contributed by atoms with Crippen LogP contribution < -0.4 is 15.2 Å². The quantitative estimate of drug-likeness (QED) is 0.286. The van der Waals surface area contributed by atoms with E-state index in [0.29, 0.717) is 10.6 Å². The van der Waals surface area contributed by atoms with Crippen LogP contribution in [0.5, 0.6) is 5.75 Å². The smallest absolute Gasteiger partial charge is 0.434 e. The highest BCUT2D eigenvalue weighted by molar-refractivity contribution is 7.89. The Hall–Kier alpha value is -3.18. The van der Waals surface area contributed by atoms with Crippen LogP contribution >= 0.6 is 23.2 Å². The number of nitrogens with one attached hydrogen (secondary N) is 2. The Morgan fingerprint density at radius 3 is 2.38 bits per heavy atom. The Bertz CT molecular complexity index is 1600. The Kier molecular flexibility index (Phi) is 7.75. The first-order valence-electron chi connectivity index (χ1n) is 11.0. The zero-order chi connectivity index (χ0) is 26.9. The number of ether oxygens (including phenoxy) is 1. The van der Waals surface area contributed by atoms with Crippen molar-refractivity contribution >= 4 is 33.2 Å². The third-order valence-corrected chi connectivity index (χ3v) is 7.96. The fraction of sp³-hybridized carbons (Fsp3) is 0.200. The molecule has 1 heterocycles. The van der Waals surface area contributed by atoms with Gasteiger partial charge in [0, 0.05) is 22.0 Å². The topological polar surface area (TPSA) is 114 Å². The maximum Gasteiger partial charge on any atom is 0.434 e. The Morgan fingerprint density at radius 2 is 1.76 bits per heavy atom. The monoisotopic (exact) mass is 565 g/mol. The summed E-state index contributed by atoms with van der Waals surface area (Å²) in [7, 11) is -2.99. The van der Waals surface area contributed by atoms with E-state index in [4.69, 9.17) is 32.4 Å². The summed E-state index contributed by atoms with van der Waals surface area (Å²) in [6.07, 6.45) is 0. The van der Waals surface area contributed by atoms with Gasteiger partial charge in [-0.2, -0.15) is 4.72 Å². The number of sulfonamides is 1. The van der Waals surface area contributed by atoms with Crippen LogP contribution in [0.15, 0.2) is 68.7 Å². The Balaban J connectivity index is 1.82. The predicted molar refractivity (Wildman–Crippen MR) is 138 cm³/mol. The van der Waals surface area contributed by atoms with Gasteiger partial charge in [0.05, 0.1) is 7.11 Å². The molecule has 194 valence electrons. The van der Waals surface area contributed by atoms with Gasteiger partial charge < -0.3 is 9.15 Å². The second-order valence-electron chi connectivity index (χ2n) is 8.27. The summed E-state index contributed by atoms with van der Waals surface area (Å²) in [6.45, 7) is 3.34. The highest BCUT2D eigenvalue weighted by Crippen LogP contribution is 2.39. The minimum Gasteiger partial charge on any atom is -0.495 e. The summed E-state index contributed by atoms with van der Waals surface area (Å²) in [5.41, 5.74) is 2.31. The van der Waals surface area contributed by atoms with Gasteiger partial charge in [-0.15, -0.1) is 5.10 Å². The number of H-pyrrole nitrogens is 1. The first-order valence-corrected chi connectivity index (χ1v) is 13.2. The molecule has 4 rings (SSSR count). The van der Waals surface area contributed by atoms with Crippen molar-refractivity contribution in [1.29, 1.82) is 0 Å². The molecule has 2 unspecified atom stereocenters. The SMILES string of the molecule is COc1cc(Cl)ccc1S(=O)(=O)NC(c1n[nH]c(=O)o1)C(C)c1c(F)ccc(-c2ccc(Cl)cc2)c1C. The largest absolute Gasteiger partial charge is 0.495 e. The van der Waals surface area contributed by atoms with Crippen molar-refractivity contribution in [2.75, 3.05) is 7.11 Å². The Labute approximate surface area is 222 Å². The van der Waals surface area contributed by atoms with Gasteiger partial charge in [0.1, 0.15) is 22.5 Å². The van der Waals surface area contributed by atoms with Crippen molar-refractivity contribution in [3.63, 3.8) is 0 Å². The normalized spacial score (nSPS) is 13.4. The fourth-order valence-electron chi connectivity index (χ4n) is 4.20. The van der Waals surface area contributed by atoms with Gasteiger partial charge in [0.25, 0.3) is 0 Å². The minimum absolute atomic E-state index is 0.00183. The van der Waals surface area contributed by atoms with Crippen molar-refractivity contribution in [3.05, 3.63) is 98.0 Å². The number of rotatable bonds is 8. The summed E-state index contributed by atoms with van der Waals surface area (Å²) in [4.78, 5) is 11.5. The number of aromatic nitrogens is 2. The second-order valence-corrected chi connectivity index (χ2v) is 10.8. The van der Waals surface area contributed by atoms with E-state index < -0.39 is 33.6 Å². The number of hydrogen-bond acceptors (Lipinski definition) is 6. The number of halogens is 3. The van der Waals surface area contributed by atoms with E-state index in [1.807, 2.05) is 0 Å². The average Bonchev–Trinajstić information content (AvgIpc) is 3.29. The lowest BCUT2D eigenvalue weighted by molar-refractivity contribution is 0.374. The molecule has 8 nitrogen and oxygen atoms in total. The van der Waals surface area contributed by atoms with Crippen LogP contribution in [0.25, 0.3) is 11.1 Å². The second kappa shape index (κ2) is 10.7. The van der Waals surface area contributed by atoms with Crippen LogP contribution in [0, 0.1) is 12.7 Å². The molecular formula is C25H22Cl2FN3O5S. The molecule has 0 spiro atoms. The van der Waals surface area contributed by atoms with E-state index in [-0.39, 0.29) is 27.1 Å². The van der Waals surface area contributed by atoms with Crippen molar-refractivity contribution in [2.24, 2.45) is 0 Å². The summed E-state index contributed by atoms with van der Waals surface area (Å²) in [6, 6.07) is 12.7. The molecule has 2 N–H and O–H groups in total. The van der Waals surface area contributed by atoms with E-state index in [9.17, 15) is 13.2 Å². The van der Waals surface area contributed by atoms with Gasteiger partial charge >= 0.3 is 5.76 Å². The van der Waals surface area contributed by atoms with Crippen LogP contribution in [-0.2, 0) is 10.0 Å². The molecule has 0 aliphatic heterocycles. The summed E-state index contributed by atoms with van der Waals surface area (Å²) >= 11 is 12.0. The lowest BCUT2D eigenvalue weighted by Gasteiger charge is -2.25. The molecule has 0 amide bonds. The van der Waals surface area contributed by atoms with Crippen LogP contribution in [0.1, 0.15) is 35.9 Å². The van der Waals surface area contributed by atoms with Crippen LogP contribution in [0.2, 0.25) is 10.0 Å². The molecule has 0 aliphatic carbocycles. The summed E-state index contributed by atoms with van der Waals surface area (Å²) in [5, 5.41) is 6.78. The molecule has 0 aliphatic rings. The minimum atomic E-state index is -4.29.